The number of carbonyl (C=O) groups is 1. The van der Waals surface area contributed by atoms with Crippen LogP contribution in [0.2, 0.25) is 0 Å². The summed E-state index contributed by atoms with van der Waals surface area (Å²) >= 11 is 0. The first kappa shape index (κ1) is 15.4. The molecule has 2 unspecified atom stereocenters. The van der Waals surface area contributed by atoms with Crippen molar-refractivity contribution < 1.29 is 9.53 Å². The van der Waals surface area contributed by atoms with E-state index in [1.54, 1.807) is 0 Å². The van der Waals surface area contributed by atoms with Crippen LogP contribution in [0.1, 0.15) is 52.9 Å². The molecule has 1 aliphatic heterocycles. The van der Waals surface area contributed by atoms with Crippen LogP contribution in [0.4, 0.5) is 0 Å². The van der Waals surface area contributed by atoms with Crippen molar-refractivity contribution in [1.82, 2.24) is 5.32 Å². The Hall–Kier alpha value is -0.610. The SMILES string of the molecule is CC(C)(C)C(CN)NC(=O)CCC1CCCCO1. The minimum atomic E-state index is 0.00570. The van der Waals surface area contributed by atoms with Crippen LogP contribution in [0.25, 0.3) is 0 Å². The Morgan fingerprint density at radius 1 is 1.44 bits per heavy atom. The third-order valence-corrected chi connectivity index (χ3v) is 3.58. The van der Waals surface area contributed by atoms with Gasteiger partial charge in [0, 0.05) is 25.6 Å². The van der Waals surface area contributed by atoms with Gasteiger partial charge in [0.15, 0.2) is 0 Å². The second-order valence-electron chi connectivity index (χ2n) is 6.25. The van der Waals surface area contributed by atoms with E-state index in [9.17, 15) is 4.79 Å². The number of rotatable bonds is 5. The zero-order valence-corrected chi connectivity index (χ0v) is 12.0. The van der Waals surface area contributed by atoms with Gasteiger partial charge in [-0.15, -0.1) is 0 Å². The van der Waals surface area contributed by atoms with Gasteiger partial charge in [0.05, 0.1) is 6.10 Å². The molecule has 0 spiro atoms. The van der Waals surface area contributed by atoms with Crippen LogP contribution in [0, 0.1) is 5.41 Å². The summed E-state index contributed by atoms with van der Waals surface area (Å²) in [7, 11) is 0. The van der Waals surface area contributed by atoms with E-state index in [0.29, 0.717) is 13.0 Å². The van der Waals surface area contributed by atoms with E-state index in [1.807, 2.05) is 0 Å². The molecule has 0 bridgehead atoms. The fourth-order valence-corrected chi connectivity index (χ4v) is 2.22. The lowest BCUT2D eigenvalue weighted by Crippen LogP contribution is -2.48. The first-order chi connectivity index (χ1) is 8.43. The third kappa shape index (κ3) is 5.36. The Kier molecular flexibility index (Phi) is 6.09. The maximum absolute atomic E-state index is 11.9. The molecule has 0 aliphatic carbocycles. The molecule has 1 heterocycles. The van der Waals surface area contributed by atoms with E-state index < -0.39 is 0 Å². The van der Waals surface area contributed by atoms with Crippen LogP contribution in [0.5, 0.6) is 0 Å². The predicted molar refractivity (Wildman–Crippen MR) is 73.3 cm³/mol. The molecule has 0 aromatic carbocycles. The van der Waals surface area contributed by atoms with Gasteiger partial charge >= 0.3 is 0 Å². The van der Waals surface area contributed by atoms with Crippen LogP contribution < -0.4 is 11.1 Å². The van der Waals surface area contributed by atoms with Gasteiger partial charge in [0.25, 0.3) is 0 Å². The minimum Gasteiger partial charge on any atom is -0.378 e. The van der Waals surface area contributed by atoms with Crippen molar-refractivity contribution in [3.05, 3.63) is 0 Å². The quantitative estimate of drug-likeness (QED) is 0.788. The summed E-state index contributed by atoms with van der Waals surface area (Å²) in [6.07, 6.45) is 5.11. The fraction of sp³-hybridized carbons (Fsp3) is 0.929. The molecule has 18 heavy (non-hydrogen) atoms. The number of carbonyl (C=O) groups excluding carboxylic acids is 1. The Balaban J connectivity index is 2.27. The molecule has 106 valence electrons. The first-order valence-electron chi connectivity index (χ1n) is 7.04. The molecule has 0 aromatic rings. The lowest BCUT2D eigenvalue weighted by Gasteiger charge is -2.30. The standard InChI is InChI=1S/C14H28N2O2/c1-14(2,3)12(10-15)16-13(17)8-7-11-6-4-5-9-18-11/h11-12H,4-10,15H2,1-3H3,(H,16,17). The molecule has 1 fully saturated rings. The monoisotopic (exact) mass is 256 g/mol. The molecule has 1 saturated heterocycles. The summed E-state index contributed by atoms with van der Waals surface area (Å²) in [6, 6.07) is 0.0391. The highest BCUT2D eigenvalue weighted by Gasteiger charge is 2.25. The Morgan fingerprint density at radius 3 is 2.67 bits per heavy atom. The predicted octanol–water partition coefficient (Wildman–Crippen LogP) is 1.83. The van der Waals surface area contributed by atoms with Crippen molar-refractivity contribution in [2.45, 2.75) is 65.0 Å². The van der Waals surface area contributed by atoms with E-state index >= 15 is 0 Å². The van der Waals surface area contributed by atoms with Crippen molar-refractivity contribution in [3.63, 3.8) is 0 Å². The molecule has 1 aliphatic rings. The second kappa shape index (κ2) is 7.10. The number of amides is 1. The van der Waals surface area contributed by atoms with Gasteiger partial charge < -0.3 is 15.8 Å². The lowest BCUT2D eigenvalue weighted by molar-refractivity contribution is -0.123. The smallest absolute Gasteiger partial charge is 0.220 e. The van der Waals surface area contributed by atoms with Gasteiger partial charge in [-0.2, -0.15) is 0 Å². The summed E-state index contributed by atoms with van der Waals surface area (Å²) in [5, 5.41) is 3.03. The van der Waals surface area contributed by atoms with E-state index in [2.05, 4.69) is 26.1 Å². The zero-order chi connectivity index (χ0) is 13.6. The first-order valence-corrected chi connectivity index (χ1v) is 7.04. The summed E-state index contributed by atoms with van der Waals surface area (Å²) in [5.41, 5.74) is 5.71. The van der Waals surface area contributed by atoms with Crippen LogP contribution in [0.3, 0.4) is 0 Å². The molecule has 4 nitrogen and oxygen atoms in total. The van der Waals surface area contributed by atoms with Gasteiger partial charge in [0.1, 0.15) is 0 Å². The molecule has 4 heteroatoms. The van der Waals surface area contributed by atoms with E-state index in [-0.39, 0.29) is 23.5 Å². The zero-order valence-electron chi connectivity index (χ0n) is 12.0. The lowest BCUT2D eigenvalue weighted by atomic mass is 9.86. The average Bonchev–Trinajstić information content (AvgIpc) is 2.33. The van der Waals surface area contributed by atoms with Gasteiger partial charge in [-0.1, -0.05) is 20.8 Å². The molecule has 0 saturated carbocycles. The summed E-state index contributed by atoms with van der Waals surface area (Å²) in [5.74, 6) is 0.0922. The van der Waals surface area contributed by atoms with Crippen molar-refractivity contribution >= 4 is 5.91 Å². The molecule has 3 N–H and O–H groups in total. The molecule has 1 rings (SSSR count). The number of hydrogen-bond donors (Lipinski definition) is 2. The molecule has 1 amide bonds. The van der Waals surface area contributed by atoms with Crippen molar-refractivity contribution in [2.75, 3.05) is 13.2 Å². The number of hydrogen-bond acceptors (Lipinski definition) is 3. The third-order valence-electron chi connectivity index (χ3n) is 3.58. The Morgan fingerprint density at radius 2 is 2.17 bits per heavy atom. The highest BCUT2D eigenvalue weighted by molar-refractivity contribution is 5.76. The molecular formula is C14H28N2O2. The largest absolute Gasteiger partial charge is 0.378 e. The van der Waals surface area contributed by atoms with Crippen molar-refractivity contribution in [2.24, 2.45) is 11.1 Å². The van der Waals surface area contributed by atoms with Crippen LogP contribution >= 0.6 is 0 Å². The van der Waals surface area contributed by atoms with Gasteiger partial charge in [-0.3, -0.25) is 4.79 Å². The Bertz CT molecular complexity index is 255. The maximum Gasteiger partial charge on any atom is 0.220 e. The van der Waals surface area contributed by atoms with Crippen LogP contribution in [-0.2, 0) is 9.53 Å². The van der Waals surface area contributed by atoms with Gasteiger partial charge in [-0.25, -0.2) is 0 Å². The van der Waals surface area contributed by atoms with Gasteiger partial charge in [0.2, 0.25) is 5.91 Å². The topological polar surface area (TPSA) is 64.3 Å². The summed E-state index contributed by atoms with van der Waals surface area (Å²) < 4.78 is 5.62. The average molecular weight is 256 g/mol. The van der Waals surface area contributed by atoms with E-state index in [4.69, 9.17) is 10.5 Å². The summed E-state index contributed by atoms with van der Waals surface area (Å²) in [6.45, 7) is 7.61. The van der Waals surface area contributed by atoms with Crippen molar-refractivity contribution in [1.29, 1.82) is 0 Å². The van der Waals surface area contributed by atoms with E-state index in [1.165, 1.54) is 6.42 Å². The molecular weight excluding hydrogens is 228 g/mol. The molecule has 0 radical (unpaired) electrons. The normalized spacial score (nSPS) is 22.6. The van der Waals surface area contributed by atoms with Crippen LogP contribution in [0.15, 0.2) is 0 Å². The fourth-order valence-electron chi connectivity index (χ4n) is 2.22. The Labute approximate surface area is 111 Å². The minimum absolute atomic E-state index is 0.00570. The molecule has 0 aromatic heterocycles. The number of nitrogens with two attached hydrogens (primary N) is 1. The van der Waals surface area contributed by atoms with Gasteiger partial charge in [-0.05, 0) is 31.1 Å². The number of nitrogens with one attached hydrogen (secondary N) is 1. The number of ether oxygens (including phenoxy) is 1. The molecule has 2 atom stereocenters. The van der Waals surface area contributed by atoms with E-state index in [0.717, 1.165) is 25.9 Å². The second-order valence-corrected chi connectivity index (χ2v) is 6.25. The summed E-state index contributed by atoms with van der Waals surface area (Å²) in [4.78, 5) is 11.9. The highest BCUT2D eigenvalue weighted by Crippen LogP contribution is 2.19. The van der Waals surface area contributed by atoms with Crippen LogP contribution in [-0.4, -0.2) is 31.2 Å². The highest BCUT2D eigenvalue weighted by atomic mass is 16.5. The van der Waals surface area contributed by atoms with Crippen molar-refractivity contribution in [3.8, 4) is 0 Å². The maximum atomic E-state index is 11.9.